The van der Waals surface area contributed by atoms with Crippen LogP contribution in [0.15, 0.2) is 24.3 Å². The molecule has 0 amide bonds. The van der Waals surface area contributed by atoms with Gasteiger partial charge in [-0.1, -0.05) is 0 Å². The van der Waals surface area contributed by atoms with E-state index in [2.05, 4.69) is 4.90 Å². The van der Waals surface area contributed by atoms with E-state index >= 15 is 0 Å². The van der Waals surface area contributed by atoms with Gasteiger partial charge in [0.25, 0.3) is 5.69 Å². The molecular weight excluding hydrogens is 260 g/mol. The van der Waals surface area contributed by atoms with Crippen LogP contribution >= 0.6 is 0 Å². The minimum absolute atomic E-state index is 0.0366. The van der Waals surface area contributed by atoms with Crippen molar-refractivity contribution in [3.05, 3.63) is 39.9 Å². The van der Waals surface area contributed by atoms with Crippen LogP contribution in [0.1, 0.15) is 25.5 Å². The molecule has 3 atom stereocenters. The third-order valence-electron chi connectivity index (χ3n) is 3.42. The molecule has 0 spiro atoms. The molecule has 1 saturated heterocycles. The number of nitrogens with zero attached hydrogens (tertiary/aromatic N) is 2. The molecule has 3 unspecified atom stereocenters. The minimum atomic E-state index is -0.645. The third kappa shape index (κ3) is 3.75. The highest BCUT2D eigenvalue weighted by molar-refractivity contribution is 5.33. The van der Waals surface area contributed by atoms with E-state index in [1.54, 1.807) is 12.1 Å². The normalized spacial score (nSPS) is 25.4. The highest BCUT2D eigenvalue weighted by Gasteiger charge is 2.24. The Hall–Kier alpha value is -1.50. The predicted molar refractivity (Wildman–Crippen MR) is 74.5 cm³/mol. The topological polar surface area (TPSA) is 75.8 Å². The number of rotatable bonds is 4. The van der Waals surface area contributed by atoms with Gasteiger partial charge in [-0.2, -0.15) is 0 Å². The second kappa shape index (κ2) is 6.30. The largest absolute Gasteiger partial charge is 0.387 e. The molecule has 0 aromatic heterocycles. The lowest BCUT2D eigenvalue weighted by Gasteiger charge is -2.36. The molecule has 110 valence electrons. The maximum Gasteiger partial charge on any atom is 0.269 e. The summed E-state index contributed by atoms with van der Waals surface area (Å²) in [5.41, 5.74) is 0.733. The van der Waals surface area contributed by atoms with E-state index in [1.807, 2.05) is 13.8 Å². The summed E-state index contributed by atoms with van der Waals surface area (Å²) >= 11 is 0. The van der Waals surface area contributed by atoms with Crippen LogP contribution in [0.5, 0.6) is 0 Å². The molecule has 2 rings (SSSR count). The molecule has 1 heterocycles. The average molecular weight is 280 g/mol. The molecule has 0 saturated carbocycles. The Bertz CT molecular complexity index is 453. The van der Waals surface area contributed by atoms with E-state index < -0.39 is 11.0 Å². The van der Waals surface area contributed by atoms with Crippen LogP contribution in [-0.4, -0.2) is 46.8 Å². The molecule has 0 bridgehead atoms. The zero-order valence-corrected chi connectivity index (χ0v) is 11.7. The number of nitro benzene ring substituents is 1. The molecule has 20 heavy (non-hydrogen) atoms. The summed E-state index contributed by atoms with van der Waals surface area (Å²) in [6.45, 7) is 6.11. The first kappa shape index (κ1) is 14.9. The first-order valence-electron chi connectivity index (χ1n) is 6.76. The van der Waals surface area contributed by atoms with Gasteiger partial charge in [0.2, 0.25) is 0 Å². The Kier molecular flexibility index (Phi) is 4.69. The number of non-ortho nitro benzene ring substituents is 1. The second-order valence-electron chi connectivity index (χ2n) is 5.34. The molecular formula is C14H20N2O4. The van der Waals surface area contributed by atoms with Gasteiger partial charge in [-0.15, -0.1) is 0 Å². The first-order valence-corrected chi connectivity index (χ1v) is 6.76. The Morgan fingerprint density at radius 2 is 1.90 bits per heavy atom. The van der Waals surface area contributed by atoms with Crippen LogP contribution in [0.25, 0.3) is 0 Å². The molecule has 1 aromatic carbocycles. The van der Waals surface area contributed by atoms with Crippen LogP contribution in [0.3, 0.4) is 0 Å². The van der Waals surface area contributed by atoms with Gasteiger partial charge >= 0.3 is 0 Å². The fourth-order valence-corrected chi connectivity index (χ4v) is 2.60. The summed E-state index contributed by atoms with van der Waals surface area (Å²) < 4.78 is 5.65. The van der Waals surface area contributed by atoms with Gasteiger partial charge in [-0.25, -0.2) is 0 Å². The lowest BCUT2D eigenvalue weighted by molar-refractivity contribution is -0.384. The number of hydrogen-bond acceptors (Lipinski definition) is 5. The number of β-amino-alcohol motifs (C(OH)–C–C–N with tert-alkyl or cyclic N) is 1. The Labute approximate surface area is 118 Å². The quantitative estimate of drug-likeness (QED) is 0.671. The molecule has 6 nitrogen and oxygen atoms in total. The van der Waals surface area contributed by atoms with E-state index in [4.69, 9.17) is 4.74 Å². The van der Waals surface area contributed by atoms with Gasteiger partial charge < -0.3 is 9.84 Å². The van der Waals surface area contributed by atoms with Crippen molar-refractivity contribution >= 4 is 5.69 Å². The maximum atomic E-state index is 10.6. The lowest BCUT2D eigenvalue weighted by Crippen LogP contribution is -2.46. The van der Waals surface area contributed by atoms with Crippen molar-refractivity contribution in [2.45, 2.75) is 32.2 Å². The molecule has 1 N–H and O–H groups in total. The van der Waals surface area contributed by atoms with Crippen molar-refractivity contribution in [1.82, 2.24) is 4.90 Å². The smallest absolute Gasteiger partial charge is 0.269 e. The van der Waals surface area contributed by atoms with Gasteiger partial charge in [-0.3, -0.25) is 15.0 Å². The first-order chi connectivity index (χ1) is 9.45. The van der Waals surface area contributed by atoms with Crippen molar-refractivity contribution in [2.75, 3.05) is 19.6 Å². The third-order valence-corrected chi connectivity index (χ3v) is 3.42. The van der Waals surface area contributed by atoms with Crippen LogP contribution in [0, 0.1) is 10.1 Å². The van der Waals surface area contributed by atoms with Crippen molar-refractivity contribution in [1.29, 1.82) is 0 Å². The van der Waals surface area contributed by atoms with Gasteiger partial charge in [0.1, 0.15) is 0 Å². The minimum Gasteiger partial charge on any atom is -0.387 e. The monoisotopic (exact) mass is 280 g/mol. The second-order valence-corrected chi connectivity index (χ2v) is 5.34. The zero-order chi connectivity index (χ0) is 14.7. The Balaban J connectivity index is 1.97. The Morgan fingerprint density at radius 1 is 1.35 bits per heavy atom. The van der Waals surface area contributed by atoms with Crippen LogP contribution in [0.2, 0.25) is 0 Å². The number of aliphatic hydroxyl groups is 1. The summed E-state index contributed by atoms with van der Waals surface area (Å²) in [6, 6.07) is 6.05. The molecule has 1 fully saturated rings. The van der Waals surface area contributed by atoms with E-state index in [-0.39, 0.29) is 17.9 Å². The van der Waals surface area contributed by atoms with E-state index in [9.17, 15) is 15.2 Å². The molecule has 1 aliphatic heterocycles. The van der Waals surface area contributed by atoms with Gasteiger partial charge in [-0.05, 0) is 31.5 Å². The number of ether oxygens (including phenoxy) is 1. The van der Waals surface area contributed by atoms with Crippen LogP contribution in [0.4, 0.5) is 5.69 Å². The molecule has 6 heteroatoms. The van der Waals surface area contributed by atoms with Crippen LogP contribution in [-0.2, 0) is 4.74 Å². The molecule has 1 aliphatic rings. The van der Waals surface area contributed by atoms with Crippen molar-refractivity contribution < 1.29 is 14.8 Å². The number of morpholine rings is 1. The molecule has 1 aromatic rings. The molecule has 0 radical (unpaired) electrons. The van der Waals surface area contributed by atoms with Crippen molar-refractivity contribution in [2.24, 2.45) is 0 Å². The fourth-order valence-electron chi connectivity index (χ4n) is 2.60. The standard InChI is InChI=1S/C14H20N2O4/c1-10-7-15(8-11(2)20-10)9-14(17)12-3-5-13(6-4-12)16(18)19/h3-6,10-11,14,17H,7-9H2,1-2H3. The van der Waals surface area contributed by atoms with Gasteiger partial charge in [0, 0.05) is 31.8 Å². The van der Waals surface area contributed by atoms with E-state index in [0.29, 0.717) is 12.1 Å². The van der Waals surface area contributed by atoms with Gasteiger partial charge in [0.05, 0.1) is 23.2 Å². The Morgan fingerprint density at radius 3 is 2.40 bits per heavy atom. The van der Waals surface area contributed by atoms with Crippen LogP contribution < -0.4 is 0 Å². The lowest BCUT2D eigenvalue weighted by atomic mass is 10.1. The summed E-state index contributed by atoms with van der Waals surface area (Å²) in [5, 5.41) is 20.8. The summed E-state index contributed by atoms with van der Waals surface area (Å²) in [5.74, 6) is 0. The SMILES string of the molecule is CC1CN(CC(O)c2ccc([N+](=O)[O-])cc2)CC(C)O1. The average Bonchev–Trinajstić information content (AvgIpc) is 2.37. The number of aliphatic hydroxyl groups excluding tert-OH is 1. The van der Waals surface area contributed by atoms with E-state index in [1.165, 1.54) is 12.1 Å². The summed E-state index contributed by atoms with van der Waals surface area (Å²) in [7, 11) is 0. The number of nitro groups is 1. The fraction of sp³-hybridized carbons (Fsp3) is 0.571. The number of hydrogen-bond donors (Lipinski definition) is 1. The van der Waals surface area contributed by atoms with Crippen molar-refractivity contribution in [3.8, 4) is 0 Å². The van der Waals surface area contributed by atoms with E-state index in [0.717, 1.165) is 13.1 Å². The zero-order valence-electron chi connectivity index (χ0n) is 11.7. The highest BCUT2D eigenvalue weighted by Crippen LogP contribution is 2.20. The summed E-state index contributed by atoms with van der Waals surface area (Å²) in [6.07, 6.45) is -0.334. The maximum absolute atomic E-state index is 10.6. The summed E-state index contributed by atoms with van der Waals surface area (Å²) in [4.78, 5) is 12.3. The highest BCUT2D eigenvalue weighted by atomic mass is 16.6. The van der Waals surface area contributed by atoms with Gasteiger partial charge in [0.15, 0.2) is 0 Å². The number of benzene rings is 1. The molecule has 0 aliphatic carbocycles. The van der Waals surface area contributed by atoms with Crippen molar-refractivity contribution in [3.63, 3.8) is 0 Å². The predicted octanol–water partition coefficient (Wildman–Crippen LogP) is 1.74.